The van der Waals surface area contributed by atoms with Gasteiger partial charge in [-0.05, 0) is 52.9 Å². The summed E-state index contributed by atoms with van der Waals surface area (Å²) in [7, 11) is 0. The van der Waals surface area contributed by atoms with E-state index in [0.29, 0.717) is 25.9 Å². The van der Waals surface area contributed by atoms with Gasteiger partial charge in [-0.15, -0.1) is 0 Å². The number of amides is 1. The summed E-state index contributed by atoms with van der Waals surface area (Å²) in [5, 5.41) is 10.5. The topological polar surface area (TPSA) is 173 Å². The number of rotatable bonds is 41. The molecule has 0 aromatic rings. The summed E-state index contributed by atoms with van der Waals surface area (Å²) < 4.78 is 39.2. The van der Waals surface area contributed by atoms with Gasteiger partial charge in [0.25, 0.3) is 0 Å². The number of aliphatic hydroxyl groups excluding tert-OH is 1. The molecule has 0 bridgehead atoms. The molecule has 62 heavy (non-hydrogen) atoms. The van der Waals surface area contributed by atoms with Gasteiger partial charge in [0, 0.05) is 19.4 Å². The molecule has 0 saturated heterocycles. The quantitative estimate of drug-likeness (QED) is 0.0266. The third kappa shape index (κ3) is 37.6. The number of carbonyl (C=O) groups is 5. The van der Waals surface area contributed by atoms with Gasteiger partial charge in [0.1, 0.15) is 31.9 Å². The van der Waals surface area contributed by atoms with Crippen molar-refractivity contribution >= 4 is 30.0 Å². The summed E-state index contributed by atoms with van der Waals surface area (Å²) in [6.07, 6.45) is 19.0. The van der Waals surface area contributed by atoms with Gasteiger partial charge in [-0.25, -0.2) is 4.79 Å². The maximum Gasteiger partial charge on any atom is 0.411 e. The molecule has 14 heteroatoms. The summed E-state index contributed by atoms with van der Waals surface area (Å²) in [5.74, 6) is -2.65. The van der Waals surface area contributed by atoms with Crippen LogP contribution in [0.1, 0.15) is 209 Å². The molecule has 3 atom stereocenters. The van der Waals surface area contributed by atoms with E-state index in [-0.39, 0.29) is 39.3 Å². The Morgan fingerprint density at radius 1 is 0.500 bits per heavy atom. The number of nitrogens with zero attached hydrogens (tertiary/aromatic N) is 1. The molecule has 0 heterocycles. The van der Waals surface area contributed by atoms with Gasteiger partial charge in [0.2, 0.25) is 0 Å². The van der Waals surface area contributed by atoms with Crippen LogP contribution >= 0.6 is 0 Å². The molecule has 1 amide bonds. The fourth-order valence-electron chi connectivity index (χ4n) is 6.36. The zero-order valence-electron chi connectivity index (χ0n) is 40.2. The maximum absolute atomic E-state index is 13.4. The van der Waals surface area contributed by atoms with Crippen molar-refractivity contribution < 1.29 is 62.2 Å². The van der Waals surface area contributed by atoms with E-state index in [2.05, 4.69) is 27.7 Å². The SMILES string of the molecule is CCCCCCCCC(=O)OCC(COCCCCCC)OC(=O)CN(CC(=O)OC(COC(=O)CCCCCCCC)COC(O)CCCCCCCC)C(=O)OC(C)(C)C. The molecule has 0 aliphatic heterocycles. The van der Waals surface area contributed by atoms with Gasteiger partial charge in [0.05, 0.1) is 13.2 Å². The van der Waals surface area contributed by atoms with E-state index < -0.39 is 67.2 Å². The van der Waals surface area contributed by atoms with E-state index in [1.807, 2.05) is 0 Å². The van der Waals surface area contributed by atoms with Crippen LogP contribution in [-0.2, 0) is 52.3 Å². The van der Waals surface area contributed by atoms with Crippen LogP contribution in [0.15, 0.2) is 0 Å². The Morgan fingerprint density at radius 3 is 1.35 bits per heavy atom. The molecular weight excluding hydrogens is 799 g/mol. The van der Waals surface area contributed by atoms with Crippen LogP contribution in [0.4, 0.5) is 4.79 Å². The van der Waals surface area contributed by atoms with Crippen LogP contribution < -0.4 is 0 Å². The van der Waals surface area contributed by atoms with Gasteiger partial charge in [0.15, 0.2) is 18.5 Å². The molecule has 14 nitrogen and oxygen atoms in total. The molecule has 0 fully saturated rings. The molecule has 0 aromatic heterocycles. The van der Waals surface area contributed by atoms with Crippen molar-refractivity contribution in [2.45, 2.75) is 233 Å². The first-order chi connectivity index (χ1) is 29.7. The summed E-state index contributed by atoms with van der Waals surface area (Å²) in [6.45, 7) is 11.7. The van der Waals surface area contributed by atoms with Crippen molar-refractivity contribution in [1.82, 2.24) is 4.90 Å². The Balaban J connectivity index is 5.74. The zero-order valence-corrected chi connectivity index (χ0v) is 40.2. The Bertz CT molecular complexity index is 1140. The van der Waals surface area contributed by atoms with Gasteiger partial charge in [-0.2, -0.15) is 0 Å². The average Bonchev–Trinajstić information content (AvgIpc) is 3.22. The van der Waals surface area contributed by atoms with Gasteiger partial charge < -0.3 is 38.3 Å². The Kier molecular flexibility index (Phi) is 37.7. The normalized spacial score (nSPS) is 12.9. The van der Waals surface area contributed by atoms with Crippen LogP contribution in [0.5, 0.6) is 0 Å². The number of hydrogen-bond donors (Lipinski definition) is 1. The van der Waals surface area contributed by atoms with Crippen molar-refractivity contribution in [2.75, 3.05) is 46.1 Å². The van der Waals surface area contributed by atoms with Gasteiger partial charge >= 0.3 is 30.0 Å². The van der Waals surface area contributed by atoms with E-state index in [0.717, 1.165) is 120 Å². The highest BCUT2D eigenvalue weighted by molar-refractivity contribution is 5.83. The standard InChI is InChI=1S/C48H89NO13/c1-8-12-16-20-23-26-30-42(50)57-37-40(36-56-33-29-19-15-11-4)60-45(53)34-49(47(55)62-48(5,6)7)35-46(54)61-41(38-58-43(51)31-27-24-21-17-13-9-2)39-59-44(52)32-28-25-22-18-14-10-3/h40-41,43,51H,8-39H2,1-7H3. The van der Waals surface area contributed by atoms with E-state index in [1.54, 1.807) is 20.8 Å². The number of unbranched alkanes of at least 4 members (excludes halogenated alkanes) is 18. The highest BCUT2D eigenvalue weighted by atomic mass is 16.6. The Labute approximate surface area is 375 Å². The molecule has 0 rings (SSSR count). The first-order valence-electron chi connectivity index (χ1n) is 24.3. The van der Waals surface area contributed by atoms with E-state index >= 15 is 0 Å². The Morgan fingerprint density at radius 2 is 0.903 bits per heavy atom. The van der Waals surface area contributed by atoms with Gasteiger partial charge in [-0.1, -0.05) is 143 Å². The molecule has 0 aromatic carbocycles. The lowest BCUT2D eigenvalue weighted by Crippen LogP contribution is -2.45. The molecule has 0 aliphatic carbocycles. The van der Waals surface area contributed by atoms with Crippen LogP contribution in [0.3, 0.4) is 0 Å². The van der Waals surface area contributed by atoms with Crippen LogP contribution in [0, 0.1) is 0 Å². The van der Waals surface area contributed by atoms with E-state index in [9.17, 15) is 29.1 Å². The third-order valence-corrected chi connectivity index (χ3v) is 9.94. The lowest BCUT2D eigenvalue weighted by atomic mass is 10.1. The fourth-order valence-corrected chi connectivity index (χ4v) is 6.36. The Hall–Kier alpha value is -2.97. The summed E-state index contributed by atoms with van der Waals surface area (Å²) in [6, 6.07) is 0. The van der Waals surface area contributed by atoms with Crippen molar-refractivity contribution in [3.8, 4) is 0 Å². The fraction of sp³-hybridized carbons (Fsp3) is 0.896. The summed E-state index contributed by atoms with van der Waals surface area (Å²) in [5.41, 5.74) is -0.964. The summed E-state index contributed by atoms with van der Waals surface area (Å²) in [4.78, 5) is 66.2. The lowest BCUT2D eigenvalue weighted by Gasteiger charge is -2.27. The van der Waals surface area contributed by atoms with Crippen LogP contribution in [0.25, 0.3) is 0 Å². The molecule has 0 spiro atoms. The minimum atomic E-state index is -1.11. The zero-order chi connectivity index (χ0) is 46.3. The lowest BCUT2D eigenvalue weighted by molar-refractivity contribution is -0.174. The number of esters is 4. The first-order valence-corrected chi connectivity index (χ1v) is 24.3. The molecule has 0 radical (unpaired) electrons. The molecule has 0 saturated carbocycles. The van der Waals surface area contributed by atoms with E-state index in [1.165, 1.54) is 12.8 Å². The number of carbonyl (C=O) groups excluding carboxylic acids is 5. The first kappa shape index (κ1) is 59.0. The number of hydrogen-bond acceptors (Lipinski definition) is 13. The molecule has 3 unspecified atom stereocenters. The predicted octanol–water partition coefficient (Wildman–Crippen LogP) is 10.3. The molecule has 364 valence electrons. The van der Waals surface area contributed by atoms with Crippen molar-refractivity contribution in [3.05, 3.63) is 0 Å². The second-order valence-corrected chi connectivity index (χ2v) is 17.4. The van der Waals surface area contributed by atoms with Gasteiger partial charge in [-0.3, -0.25) is 24.1 Å². The third-order valence-electron chi connectivity index (χ3n) is 9.94. The van der Waals surface area contributed by atoms with Crippen molar-refractivity contribution in [3.63, 3.8) is 0 Å². The highest BCUT2D eigenvalue weighted by Crippen LogP contribution is 2.14. The monoisotopic (exact) mass is 888 g/mol. The summed E-state index contributed by atoms with van der Waals surface area (Å²) >= 11 is 0. The smallest absolute Gasteiger partial charge is 0.411 e. The largest absolute Gasteiger partial charge is 0.462 e. The van der Waals surface area contributed by atoms with Crippen LogP contribution in [0.2, 0.25) is 0 Å². The second kappa shape index (κ2) is 39.6. The van der Waals surface area contributed by atoms with Crippen molar-refractivity contribution in [2.24, 2.45) is 0 Å². The molecular formula is C48H89NO13. The van der Waals surface area contributed by atoms with E-state index in [4.69, 9.17) is 33.2 Å². The number of aliphatic hydroxyl groups is 1. The predicted molar refractivity (Wildman–Crippen MR) is 240 cm³/mol. The maximum atomic E-state index is 13.4. The highest BCUT2D eigenvalue weighted by Gasteiger charge is 2.30. The minimum Gasteiger partial charge on any atom is -0.462 e. The average molecular weight is 888 g/mol. The number of ether oxygens (including phenoxy) is 7. The molecule has 0 aliphatic rings. The second-order valence-electron chi connectivity index (χ2n) is 17.4. The molecule has 1 N–H and O–H groups in total. The van der Waals surface area contributed by atoms with Crippen molar-refractivity contribution in [1.29, 1.82) is 0 Å². The van der Waals surface area contributed by atoms with Crippen LogP contribution in [-0.4, -0.2) is 110 Å². The minimum absolute atomic E-state index is 0.0272.